The molecule has 0 radical (unpaired) electrons. The van der Waals surface area contributed by atoms with Gasteiger partial charge in [0.25, 0.3) is 0 Å². The van der Waals surface area contributed by atoms with Crippen molar-refractivity contribution >= 4 is 17.9 Å². The fraction of sp³-hybridized carbons (Fsp3) is 0.263. The van der Waals surface area contributed by atoms with Crippen molar-refractivity contribution in [1.29, 1.82) is 0 Å². The van der Waals surface area contributed by atoms with Crippen LogP contribution in [0.3, 0.4) is 0 Å². The van der Waals surface area contributed by atoms with Crippen LogP contribution >= 0.6 is 0 Å². The van der Waals surface area contributed by atoms with E-state index in [1.54, 1.807) is 39.3 Å². The molecule has 0 unspecified atom stereocenters. The van der Waals surface area contributed by atoms with Gasteiger partial charge in [-0.1, -0.05) is 6.07 Å². The Morgan fingerprint density at radius 2 is 1.88 bits per heavy atom. The van der Waals surface area contributed by atoms with Crippen molar-refractivity contribution in [3.05, 3.63) is 54.1 Å². The van der Waals surface area contributed by atoms with Crippen LogP contribution < -0.4 is 9.47 Å². The van der Waals surface area contributed by atoms with E-state index in [1.807, 2.05) is 36.4 Å². The molecule has 0 aliphatic carbocycles. The minimum absolute atomic E-state index is 0.102. The third kappa shape index (κ3) is 5.76. The van der Waals surface area contributed by atoms with Gasteiger partial charge in [-0.3, -0.25) is 4.99 Å². The molecule has 0 aliphatic rings. The molecule has 0 fully saturated rings. The van der Waals surface area contributed by atoms with E-state index in [-0.39, 0.29) is 18.7 Å². The molecule has 0 N–H and O–H groups in total. The molecule has 0 aliphatic heterocycles. The number of benzene rings is 2. The molecule has 0 heterocycles. The summed E-state index contributed by atoms with van der Waals surface area (Å²) in [5, 5.41) is 0. The average molecular weight is 327 g/mol. The smallest absolute Gasteiger partial charge is 0.344 e. The lowest BCUT2D eigenvalue weighted by atomic mass is 10.2. The normalized spacial score (nSPS) is 10.8. The maximum Gasteiger partial charge on any atom is 0.344 e. The summed E-state index contributed by atoms with van der Waals surface area (Å²) >= 11 is 0. The monoisotopic (exact) mass is 327 g/mol. The number of rotatable bonds is 7. The molecule has 0 bridgehead atoms. The van der Waals surface area contributed by atoms with Crippen LogP contribution in [0.2, 0.25) is 0 Å². The maximum absolute atomic E-state index is 11.4. The number of carbonyl (C=O) groups is 1. The first-order valence-electron chi connectivity index (χ1n) is 7.67. The van der Waals surface area contributed by atoms with Gasteiger partial charge in [-0.05, 0) is 55.8 Å². The quantitative estimate of drug-likeness (QED) is 0.574. The Bertz CT molecular complexity index is 693. The zero-order valence-electron chi connectivity index (χ0n) is 14.1. The van der Waals surface area contributed by atoms with Crippen LogP contribution in [0.4, 0.5) is 5.69 Å². The van der Waals surface area contributed by atoms with Gasteiger partial charge >= 0.3 is 5.97 Å². The highest BCUT2D eigenvalue weighted by Gasteiger charge is 2.06. The van der Waals surface area contributed by atoms with E-state index in [0.29, 0.717) is 5.75 Å². The molecule has 2 rings (SSSR count). The predicted molar refractivity (Wildman–Crippen MR) is 93.4 cm³/mol. The largest absolute Gasteiger partial charge is 0.497 e. The third-order valence-corrected chi connectivity index (χ3v) is 3.02. The lowest BCUT2D eigenvalue weighted by Gasteiger charge is -2.09. The van der Waals surface area contributed by atoms with Gasteiger partial charge in [-0.15, -0.1) is 0 Å². The summed E-state index contributed by atoms with van der Waals surface area (Å²) in [6.07, 6.45) is 1.61. The minimum atomic E-state index is -0.381. The van der Waals surface area contributed by atoms with Crippen LogP contribution in [0.25, 0.3) is 0 Å². The van der Waals surface area contributed by atoms with E-state index in [9.17, 15) is 4.79 Å². The molecular weight excluding hydrogens is 306 g/mol. The fourth-order valence-corrected chi connectivity index (χ4v) is 1.93. The van der Waals surface area contributed by atoms with Crippen LogP contribution in [-0.2, 0) is 9.53 Å². The molecule has 0 spiro atoms. The Morgan fingerprint density at radius 1 is 1.12 bits per heavy atom. The van der Waals surface area contributed by atoms with Gasteiger partial charge in [-0.2, -0.15) is 0 Å². The van der Waals surface area contributed by atoms with E-state index in [4.69, 9.17) is 14.2 Å². The molecule has 126 valence electrons. The second-order valence-electron chi connectivity index (χ2n) is 5.36. The van der Waals surface area contributed by atoms with E-state index in [0.717, 1.165) is 17.0 Å². The van der Waals surface area contributed by atoms with Gasteiger partial charge in [0, 0.05) is 12.3 Å². The SMILES string of the molecule is COc1cccc(N=Cc2ccc(OCC(=O)OC(C)C)cc2)c1. The molecule has 5 heteroatoms. The first-order chi connectivity index (χ1) is 11.6. The summed E-state index contributed by atoms with van der Waals surface area (Å²) in [5.41, 5.74) is 1.74. The number of carbonyl (C=O) groups excluding carboxylic acids is 1. The molecule has 2 aromatic carbocycles. The van der Waals surface area contributed by atoms with Crippen LogP contribution in [0.15, 0.2) is 53.5 Å². The first kappa shape index (κ1) is 17.5. The summed E-state index contributed by atoms with van der Waals surface area (Å²) in [7, 11) is 1.62. The molecule has 0 saturated carbocycles. The molecule has 0 atom stereocenters. The molecule has 5 nitrogen and oxygen atoms in total. The van der Waals surface area contributed by atoms with Crippen molar-refractivity contribution < 1.29 is 19.0 Å². The summed E-state index contributed by atoms with van der Waals surface area (Å²) < 4.78 is 15.6. The van der Waals surface area contributed by atoms with Crippen LogP contribution in [0, 0.1) is 0 Å². The van der Waals surface area contributed by atoms with Crippen molar-refractivity contribution in [2.75, 3.05) is 13.7 Å². The number of ether oxygens (including phenoxy) is 3. The second kappa shape index (κ2) is 8.72. The summed E-state index contributed by atoms with van der Waals surface area (Å²) in [6, 6.07) is 14.8. The topological polar surface area (TPSA) is 57.1 Å². The Balaban J connectivity index is 1.91. The lowest BCUT2D eigenvalue weighted by molar-refractivity contribution is -0.149. The summed E-state index contributed by atoms with van der Waals surface area (Å²) in [6.45, 7) is 3.50. The minimum Gasteiger partial charge on any atom is -0.497 e. The van der Waals surface area contributed by atoms with Crippen molar-refractivity contribution in [2.45, 2.75) is 20.0 Å². The van der Waals surface area contributed by atoms with Gasteiger partial charge in [0.1, 0.15) is 11.5 Å². The van der Waals surface area contributed by atoms with E-state index in [2.05, 4.69) is 4.99 Å². The average Bonchev–Trinajstić information content (AvgIpc) is 2.58. The number of hydrogen-bond acceptors (Lipinski definition) is 5. The van der Waals surface area contributed by atoms with Gasteiger partial charge in [0.15, 0.2) is 6.61 Å². The Hall–Kier alpha value is -2.82. The number of nitrogens with zero attached hydrogens (tertiary/aromatic N) is 1. The maximum atomic E-state index is 11.4. The Morgan fingerprint density at radius 3 is 2.54 bits per heavy atom. The van der Waals surface area contributed by atoms with Crippen molar-refractivity contribution in [3.63, 3.8) is 0 Å². The fourth-order valence-electron chi connectivity index (χ4n) is 1.93. The molecule has 2 aromatic rings. The Kier molecular flexibility index (Phi) is 6.37. The van der Waals surface area contributed by atoms with Gasteiger partial charge < -0.3 is 14.2 Å². The van der Waals surface area contributed by atoms with Crippen LogP contribution in [0.1, 0.15) is 19.4 Å². The van der Waals surface area contributed by atoms with E-state index in [1.165, 1.54) is 0 Å². The molecular formula is C19H21NO4. The summed E-state index contributed by atoms with van der Waals surface area (Å²) in [5.74, 6) is 0.990. The second-order valence-corrected chi connectivity index (χ2v) is 5.36. The summed E-state index contributed by atoms with van der Waals surface area (Å²) in [4.78, 5) is 15.8. The number of hydrogen-bond donors (Lipinski definition) is 0. The molecule has 24 heavy (non-hydrogen) atoms. The van der Waals surface area contributed by atoms with Crippen LogP contribution in [-0.4, -0.2) is 32.0 Å². The van der Waals surface area contributed by atoms with Crippen LogP contribution in [0.5, 0.6) is 11.5 Å². The molecule has 0 saturated heterocycles. The number of aliphatic imine (C=N–C) groups is 1. The Labute approximate surface area is 141 Å². The number of esters is 1. The standard InChI is InChI=1S/C19H21NO4/c1-14(2)24-19(21)13-23-17-9-7-15(8-10-17)12-20-16-5-4-6-18(11-16)22-3/h4-12,14H,13H2,1-3H3. The molecule has 0 aromatic heterocycles. The van der Waals surface area contributed by atoms with Gasteiger partial charge in [-0.25, -0.2) is 4.79 Å². The first-order valence-corrected chi connectivity index (χ1v) is 7.67. The zero-order chi connectivity index (χ0) is 17.4. The highest BCUT2D eigenvalue weighted by molar-refractivity contribution is 5.82. The highest BCUT2D eigenvalue weighted by Crippen LogP contribution is 2.19. The van der Waals surface area contributed by atoms with Crippen molar-refractivity contribution in [1.82, 2.24) is 0 Å². The zero-order valence-corrected chi connectivity index (χ0v) is 14.1. The van der Waals surface area contributed by atoms with Crippen molar-refractivity contribution in [3.8, 4) is 11.5 Å². The predicted octanol–water partition coefficient (Wildman–Crippen LogP) is 3.78. The van der Waals surface area contributed by atoms with Gasteiger partial charge in [0.05, 0.1) is 18.9 Å². The van der Waals surface area contributed by atoms with E-state index >= 15 is 0 Å². The molecule has 0 amide bonds. The number of methoxy groups -OCH3 is 1. The van der Waals surface area contributed by atoms with Gasteiger partial charge in [0.2, 0.25) is 0 Å². The highest BCUT2D eigenvalue weighted by atomic mass is 16.6. The van der Waals surface area contributed by atoms with Crippen molar-refractivity contribution in [2.24, 2.45) is 4.99 Å². The third-order valence-electron chi connectivity index (χ3n) is 3.02. The van der Waals surface area contributed by atoms with E-state index < -0.39 is 0 Å². The lowest BCUT2D eigenvalue weighted by Crippen LogP contribution is -2.18.